The Morgan fingerprint density at radius 1 is 0.625 bits per heavy atom. The molecule has 2 heteroatoms. The number of rotatable bonds is 0. The standard InChI is InChI=1S/2C3H6S/c2*1-2-4-3-1/h2*1-3H2. The van der Waals surface area contributed by atoms with Crippen molar-refractivity contribution in [2.75, 3.05) is 23.0 Å². The molecule has 0 aromatic rings. The molecule has 48 valence electrons. The van der Waals surface area contributed by atoms with Crippen LogP contribution in [0.2, 0.25) is 0 Å². The first-order chi connectivity index (χ1) is 4.00. The molecule has 2 fully saturated rings. The lowest BCUT2D eigenvalue weighted by Gasteiger charge is -2.05. The number of thioether (sulfide) groups is 2. The monoisotopic (exact) mass is 148 g/mol. The molecule has 2 aliphatic rings. The average Bonchev–Trinajstić information content (AvgIpc) is 1.12. The molecule has 2 aliphatic heterocycles. The molecule has 0 atom stereocenters. The van der Waals surface area contributed by atoms with Crippen molar-refractivity contribution in [2.24, 2.45) is 0 Å². The number of hydrogen-bond donors (Lipinski definition) is 0. The Hall–Kier alpha value is 0.700. The summed E-state index contributed by atoms with van der Waals surface area (Å²) < 4.78 is 0. The van der Waals surface area contributed by atoms with Crippen LogP contribution in [0.15, 0.2) is 0 Å². The van der Waals surface area contributed by atoms with Gasteiger partial charge in [-0.2, -0.15) is 23.5 Å². The second-order valence-corrected chi connectivity index (χ2v) is 4.38. The van der Waals surface area contributed by atoms with Gasteiger partial charge in [-0.1, -0.05) is 0 Å². The Balaban J connectivity index is 0.0000000800. The molecule has 0 aromatic heterocycles. The summed E-state index contributed by atoms with van der Waals surface area (Å²) in [4.78, 5) is 0. The van der Waals surface area contributed by atoms with Crippen molar-refractivity contribution in [3.8, 4) is 0 Å². The maximum atomic E-state index is 2.04. The molecular weight excluding hydrogens is 136 g/mol. The lowest BCUT2D eigenvalue weighted by Crippen LogP contribution is -1.94. The average molecular weight is 148 g/mol. The van der Waals surface area contributed by atoms with Gasteiger partial charge in [0.2, 0.25) is 0 Å². The van der Waals surface area contributed by atoms with Crippen LogP contribution in [0, 0.1) is 0 Å². The summed E-state index contributed by atoms with van der Waals surface area (Å²) in [5, 5.41) is 0. The van der Waals surface area contributed by atoms with Crippen LogP contribution in [0.1, 0.15) is 12.8 Å². The SMILES string of the molecule is C1CSC1.C1CSC1. The predicted molar refractivity (Wildman–Crippen MR) is 43.9 cm³/mol. The third kappa shape index (κ3) is 2.88. The van der Waals surface area contributed by atoms with E-state index >= 15 is 0 Å². The van der Waals surface area contributed by atoms with Crippen molar-refractivity contribution in [1.82, 2.24) is 0 Å². The summed E-state index contributed by atoms with van der Waals surface area (Å²) in [5.74, 6) is 5.67. The molecule has 8 heavy (non-hydrogen) atoms. The van der Waals surface area contributed by atoms with Crippen molar-refractivity contribution in [2.45, 2.75) is 12.8 Å². The van der Waals surface area contributed by atoms with Gasteiger partial charge in [0, 0.05) is 0 Å². The lowest BCUT2D eigenvalue weighted by molar-refractivity contribution is 1.06. The van der Waals surface area contributed by atoms with Gasteiger partial charge in [0.15, 0.2) is 0 Å². The van der Waals surface area contributed by atoms with Crippen molar-refractivity contribution in [3.05, 3.63) is 0 Å². The molecule has 2 saturated heterocycles. The summed E-state index contributed by atoms with van der Waals surface area (Å²) in [5.41, 5.74) is 0. The minimum absolute atomic E-state index is 1.42. The summed E-state index contributed by atoms with van der Waals surface area (Å²) in [7, 11) is 0. The molecular formula is C6H12S2. The predicted octanol–water partition coefficient (Wildman–Crippen LogP) is 2.25. The van der Waals surface area contributed by atoms with Crippen LogP contribution < -0.4 is 0 Å². The quantitative estimate of drug-likeness (QED) is 0.517. The van der Waals surface area contributed by atoms with E-state index in [0.29, 0.717) is 0 Å². The van der Waals surface area contributed by atoms with Gasteiger partial charge < -0.3 is 0 Å². The van der Waals surface area contributed by atoms with Crippen LogP contribution in [-0.2, 0) is 0 Å². The summed E-state index contributed by atoms with van der Waals surface area (Å²) in [6, 6.07) is 0. The van der Waals surface area contributed by atoms with Gasteiger partial charge in [-0.05, 0) is 35.9 Å². The first-order valence-electron chi connectivity index (χ1n) is 3.15. The molecule has 0 aliphatic carbocycles. The van der Waals surface area contributed by atoms with Crippen LogP contribution in [0.4, 0.5) is 0 Å². The third-order valence-electron chi connectivity index (χ3n) is 1.15. The Kier molecular flexibility index (Phi) is 3.89. The first-order valence-corrected chi connectivity index (χ1v) is 5.46. The van der Waals surface area contributed by atoms with Gasteiger partial charge in [0.05, 0.1) is 0 Å². The Labute approximate surface area is 59.8 Å². The maximum absolute atomic E-state index is 2.04. The van der Waals surface area contributed by atoms with E-state index in [1.54, 1.807) is 0 Å². The van der Waals surface area contributed by atoms with Gasteiger partial charge in [0.25, 0.3) is 0 Å². The minimum atomic E-state index is 1.42. The van der Waals surface area contributed by atoms with E-state index in [1.807, 2.05) is 23.5 Å². The maximum Gasteiger partial charge on any atom is -0.00597 e. The van der Waals surface area contributed by atoms with Crippen LogP contribution in [0.3, 0.4) is 0 Å². The molecule has 2 rings (SSSR count). The molecule has 0 N–H and O–H groups in total. The van der Waals surface area contributed by atoms with Crippen molar-refractivity contribution in [1.29, 1.82) is 0 Å². The normalized spacial score (nSPS) is 24.0. The summed E-state index contributed by atoms with van der Waals surface area (Å²) in [6.45, 7) is 0. The highest BCUT2D eigenvalue weighted by Crippen LogP contribution is 2.14. The molecule has 0 spiro atoms. The molecule has 2 heterocycles. The van der Waals surface area contributed by atoms with Crippen LogP contribution >= 0.6 is 23.5 Å². The van der Waals surface area contributed by atoms with Crippen LogP contribution in [0.25, 0.3) is 0 Å². The van der Waals surface area contributed by atoms with Gasteiger partial charge in [-0.15, -0.1) is 0 Å². The van der Waals surface area contributed by atoms with Crippen LogP contribution in [0.5, 0.6) is 0 Å². The topological polar surface area (TPSA) is 0 Å². The van der Waals surface area contributed by atoms with E-state index in [4.69, 9.17) is 0 Å². The lowest BCUT2D eigenvalue weighted by atomic mass is 10.6. The van der Waals surface area contributed by atoms with E-state index in [-0.39, 0.29) is 0 Å². The molecule has 0 nitrogen and oxygen atoms in total. The Morgan fingerprint density at radius 3 is 0.750 bits per heavy atom. The Bertz CT molecular complexity index is 30.5. The zero-order chi connectivity index (χ0) is 5.66. The highest BCUT2D eigenvalue weighted by Gasteiger charge is 1.95. The van der Waals surface area contributed by atoms with E-state index in [0.717, 1.165) is 0 Å². The van der Waals surface area contributed by atoms with Gasteiger partial charge in [-0.3, -0.25) is 0 Å². The second kappa shape index (κ2) is 4.57. The minimum Gasteiger partial charge on any atom is -0.162 e. The fourth-order valence-electron chi connectivity index (χ4n) is 0.289. The highest BCUT2D eigenvalue weighted by atomic mass is 32.2. The fraction of sp³-hybridized carbons (Fsp3) is 1.00. The molecule has 0 amide bonds. The first kappa shape index (κ1) is 6.81. The van der Waals surface area contributed by atoms with Gasteiger partial charge in [0.1, 0.15) is 0 Å². The van der Waals surface area contributed by atoms with Crippen molar-refractivity contribution in [3.63, 3.8) is 0 Å². The van der Waals surface area contributed by atoms with Crippen LogP contribution in [-0.4, -0.2) is 23.0 Å². The molecule has 0 saturated carbocycles. The zero-order valence-electron chi connectivity index (χ0n) is 5.06. The highest BCUT2D eigenvalue weighted by molar-refractivity contribution is 8.00. The van der Waals surface area contributed by atoms with E-state index < -0.39 is 0 Å². The molecule has 0 bridgehead atoms. The van der Waals surface area contributed by atoms with E-state index in [9.17, 15) is 0 Å². The summed E-state index contributed by atoms with van der Waals surface area (Å²) in [6.07, 6.45) is 2.93. The van der Waals surface area contributed by atoms with E-state index in [2.05, 4.69) is 0 Å². The van der Waals surface area contributed by atoms with E-state index in [1.165, 1.54) is 35.9 Å². The molecule has 0 unspecified atom stereocenters. The van der Waals surface area contributed by atoms with Gasteiger partial charge >= 0.3 is 0 Å². The smallest absolute Gasteiger partial charge is 0.00597 e. The Morgan fingerprint density at radius 2 is 0.750 bits per heavy atom. The largest absolute Gasteiger partial charge is 0.162 e. The zero-order valence-corrected chi connectivity index (χ0v) is 6.69. The third-order valence-corrected chi connectivity index (χ3v) is 3.46. The van der Waals surface area contributed by atoms with Crippen molar-refractivity contribution >= 4 is 23.5 Å². The summed E-state index contributed by atoms with van der Waals surface area (Å²) >= 11 is 4.07. The van der Waals surface area contributed by atoms with Crippen molar-refractivity contribution < 1.29 is 0 Å². The molecule has 0 aromatic carbocycles. The number of hydrogen-bond acceptors (Lipinski definition) is 2. The fourth-order valence-corrected chi connectivity index (χ4v) is 0.866. The molecule has 0 radical (unpaired) electrons. The second-order valence-electron chi connectivity index (χ2n) is 1.93. The van der Waals surface area contributed by atoms with Gasteiger partial charge in [-0.25, -0.2) is 0 Å².